The molecule has 7 N–H and O–H groups in total. The van der Waals surface area contributed by atoms with Crippen LogP contribution in [-0.2, 0) is 28.8 Å². The highest BCUT2D eigenvalue weighted by Crippen LogP contribution is 2.18. The molecule has 0 bridgehead atoms. The molecule has 1 aliphatic rings. The van der Waals surface area contributed by atoms with E-state index < -0.39 is 60.1 Å². The third kappa shape index (κ3) is 11.3. The number of carbonyl (C=O) groups excluding carboxylic acids is 5. The standard InChI is InChI=1S/C22H36N4O8/c1-12(2)7-13(22(34)25-11-21(32)33)8-18(29)15(3-5-19(23)30)26-20(31)6-4-17(28)16-9-14(27)10-24-16/h12-16,24,27H,3-11H2,1-2H3,(H2,23,30)(H,25,34)(H,26,31)(H,32,33)/t13-,14+,15-,16-/m1/s1. The Morgan fingerprint density at radius 3 is 2.29 bits per heavy atom. The van der Waals surface area contributed by atoms with Gasteiger partial charge >= 0.3 is 5.97 Å². The van der Waals surface area contributed by atoms with Crippen molar-refractivity contribution >= 4 is 35.3 Å². The van der Waals surface area contributed by atoms with Crippen molar-refractivity contribution < 1.29 is 39.0 Å². The molecule has 0 aromatic carbocycles. The Kier molecular flexibility index (Phi) is 12.4. The highest BCUT2D eigenvalue weighted by Gasteiger charge is 2.30. The van der Waals surface area contributed by atoms with Gasteiger partial charge in [-0.2, -0.15) is 0 Å². The fourth-order valence-electron chi connectivity index (χ4n) is 3.78. The van der Waals surface area contributed by atoms with Crippen LogP contribution in [0.2, 0.25) is 0 Å². The first-order chi connectivity index (χ1) is 15.9. The van der Waals surface area contributed by atoms with E-state index in [9.17, 15) is 33.9 Å². The predicted molar refractivity (Wildman–Crippen MR) is 120 cm³/mol. The second-order valence-corrected chi connectivity index (χ2v) is 9.05. The molecular weight excluding hydrogens is 448 g/mol. The van der Waals surface area contributed by atoms with Gasteiger partial charge in [0.15, 0.2) is 5.78 Å². The van der Waals surface area contributed by atoms with Crippen LogP contribution in [0.15, 0.2) is 0 Å². The molecule has 0 radical (unpaired) electrons. The first-order valence-corrected chi connectivity index (χ1v) is 11.4. The van der Waals surface area contributed by atoms with Gasteiger partial charge in [0.1, 0.15) is 12.3 Å². The number of primary amides is 1. The van der Waals surface area contributed by atoms with E-state index >= 15 is 0 Å². The normalized spacial score (nSPS) is 19.3. The van der Waals surface area contributed by atoms with Crippen molar-refractivity contribution in [1.82, 2.24) is 16.0 Å². The number of aliphatic hydroxyl groups excluding tert-OH is 1. The SMILES string of the molecule is CC(C)C[C@H](CC(=O)[C@@H](CCC(N)=O)NC(=O)CCC(=O)[C@H]1C[C@H](O)CN1)C(=O)NCC(=O)O. The highest BCUT2D eigenvalue weighted by molar-refractivity contribution is 5.94. The number of nitrogens with two attached hydrogens (primary N) is 1. The molecule has 12 nitrogen and oxygen atoms in total. The lowest BCUT2D eigenvalue weighted by molar-refractivity contribution is -0.139. The number of nitrogens with one attached hydrogen (secondary N) is 3. The van der Waals surface area contributed by atoms with E-state index in [1.54, 1.807) is 0 Å². The molecule has 0 aromatic rings. The summed E-state index contributed by atoms with van der Waals surface area (Å²) in [6.45, 7) is 3.43. The van der Waals surface area contributed by atoms with Gasteiger partial charge in [-0.25, -0.2) is 0 Å². The molecule has 34 heavy (non-hydrogen) atoms. The van der Waals surface area contributed by atoms with E-state index in [1.807, 2.05) is 13.8 Å². The van der Waals surface area contributed by atoms with Crippen LogP contribution in [0.3, 0.4) is 0 Å². The minimum Gasteiger partial charge on any atom is -0.480 e. The van der Waals surface area contributed by atoms with Gasteiger partial charge in [0, 0.05) is 38.1 Å². The van der Waals surface area contributed by atoms with Gasteiger partial charge in [-0.3, -0.25) is 28.8 Å². The molecule has 0 saturated carbocycles. The third-order valence-electron chi connectivity index (χ3n) is 5.49. The van der Waals surface area contributed by atoms with Crippen LogP contribution >= 0.6 is 0 Å². The van der Waals surface area contributed by atoms with Crippen molar-refractivity contribution in [3.63, 3.8) is 0 Å². The summed E-state index contributed by atoms with van der Waals surface area (Å²) in [5.74, 6) is -4.50. The maximum Gasteiger partial charge on any atom is 0.322 e. The number of carboxylic acids is 1. The average Bonchev–Trinajstić information content (AvgIpc) is 3.18. The number of rotatable bonds is 16. The lowest BCUT2D eigenvalue weighted by Crippen LogP contribution is -2.44. The molecule has 4 atom stereocenters. The van der Waals surface area contributed by atoms with E-state index in [0.29, 0.717) is 13.0 Å². The summed E-state index contributed by atoms with van der Waals surface area (Å²) in [6.07, 6.45) is -0.748. The van der Waals surface area contributed by atoms with Gasteiger partial charge in [-0.05, 0) is 25.2 Å². The number of Topliss-reactive ketones (excluding diaryl/α,β-unsaturated/α-hetero) is 2. The van der Waals surface area contributed by atoms with Crippen LogP contribution in [0.25, 0.3) is 0 Å². The summed E-state index contributed by atoms with van der Waals surface area (Å²) in [5, 5.41) is 26.0. The van der Waals surface area contributed by atoms with Crippen LogP contribution in [0.5, 0.6) is 0 Å². The number of aliphatic hydroxyl groups is 1. The van der Waals surface area contributed by atoms with Crippen molar-refractivity contribution in [3.8, 4) is 0 Å². The van der Waals surface area contributed by atoms with Crippen molar-refractivity contribution in [2.75, 3.05) is 13.1 Å². The summed E-state index contributed by atoms with van der Waals surface area (Å²) >= 11 is 0. The predicted octanol–water partition coefficient (Wildman–Crippen LogP) is -1.37. The van der Waals surface area contributed by atoms with Crippen molar-refractivity contribution in [1.29, 1.82) is 0 Å². The molecule has 1 fully saturated rings. The zero-order chi connectivity index (χ0) is 25.8. The Labute approximate surface area is 198 Å². The van der Waals surface area contributed by atoms with Crippen molar-refractivity contribution in [3.05, 3.63) is 0 Å². The van der Waals surface area contributed by atoms with Gasteiger partial charge in [-0.15, -0.1) is 0 Å². The summed E-state index contributed by atoms with van der Waals surface area (Å²) in [7, 11) is 0. The molecule has 192 valence electrons. The molecule has 0 aromatic heterocycles. The summed E-state index contributed by atoms with van der Waals surface area (Å²) in [4.78, 5) is 71.9. The van der Waals surface area contributed by atoms with E-state index in [-0.39, 0.29) is 50.2 Å². The topological polar surface area (TPSA) is 205 Å². The smallest absolute Gasteiger partial charge is 0.322 e. The van der Waals surface area contributed by atoms with E-state index in [0.717, 1.165) is 0 Å². The Hall–Kier alpha value is -2.86. The quantitative estimate of drug-likeness (QED) is 0.153. The highest BCUT2D eigenvalue weighted by atomic mass is 16.4. The van der Waals surface area contributed by atoms with Gasteiger partial charge in [-0.1, -0.05) is 13.8 Å². The van der Waals surface area contributed by atoms with Crippen LogP contribution in [0, 0.1) is 11.8 Å². The zero-order valence-electron chi connectivity index (χ0n) is 19.7. The lowest BCUT2D eigenvalue weighted by atomic mass is 9.89. The summed E-state index contributed by atoms with van der Waals surface area (Å²) in [6, 6.07) is -1.60. The second-order valence-electron chi connectivity index (χ2n) is 9.05. The van der Waals surface area contributed by atoms with Crippen LogP contribution in [0.4, 0.5) is 0 Å². The fraction of sp³-hybridized carbons (Fsp3) is 0.727. The van der Waals surface area contributed by atoms with Crippen LogP contribution in [-0.4, -0.2) is 76.7 Å². The van der Waals surface area contributed by atoms with Gasteiger partial charge in [0.05, 0.1) is 18.2 Å². The third-order valence-corrected chi connectivity index (χ3v) is 5.49. The Morgan fingerprint density at radius 2 is 1.76 bits per heavy atom. The monoisotopic (exact) mass is 484 g/mol. The maximum absolute atomic E-state index is 12.9. The van der Waals surface area contributed by atoms with Gasteiger partial charge in [0.25, 0.3) is 0 Å². The molecule has 3 amide bonds. The second kappa shape index (κ2) is 14.4. The molecule has 0 unspecified atom stereocenters. The zero-order valence-corrected chi connectivity index (χ0v) is 19.7. The van der Waals surface area contributed by atoms with Crippen LogP contribution in [0.1, 0.15) is 58.8 Å². The Morgan fingerprint density at radius 1 is 1.09 bits per heavy atom. The Bertz CT molecular complexity index is 770. The van der Waals surface area contributed by atoms with E-state index in [1.165, 1.54) is 0 Å². The molecule has 12 heteroatoms. The molecular formula is C22H36N4O8. The minimum absolute atomic E-state index is 0.0424. The number of carbonyl (C=O) groups is 6. The first-order valence-electron chi connectivity index (χ1n) is 11.4. The van der Waals surface area contributed by atoms with Crippen LogP contribution < -0.4 is 21.7 Å². The molecule has 1 rings (SSSR count). The summed E-state index contributed by atoms with van der Waals surface area (Å²) in [5.41, 5.74) is 5.18. The first kappa shape index (κ1) is 29.2. The molecule has 0 aliphatic carbocycles. The maximum atomic E-state index is 12.9. The largest absolute Gasteiger partial charge is 0.480 e. The lowest BCUT2D eigenvalue weighted by Gasteiger charge is -2.22. The Balaban J connectivity index is 2.76. The molecule has 1 heterocycles. The summed E-state index contributed by atoms with van der Waals surface area (Å²) < 4.78 is 0. The van der Waals surface area contributed by atoms with Gasteiger partial charge < -0.3 is 31.9 Å². The molecule has 1 aliphatic heterocycles. The number of ketones is 2. The number of hydrogen-bond acceptors (Lipinski definition) is 8. The van der Waals surface area contributed by atoms with Crippen molar-refractivity contribution in [2.24, 2.45) is 17.6 Å². The minimum atomic E-state index is -1.22. The van der Waals surface area contributed by atoms with E-state index in [4.69, 9.17) is 10.8 Å². The van der Waals surface area contributed by atoms with Gasteiger partial charge in [0.2, 0.25) is 17.7 Å². The van der Waals surface area contributed by atoms with Crippen molar-refractivity contribution in [2.45, 2.75) is 77.0 Å². The molecule has 1 saturated heterocycles. The average molecular weight is 485 g/mol. The number of carboxylic acid groups (broad SMARTS) is 1. The fourth-order valence-corrected chi connectivity index (χ4v) is 3.78. The number of hydrogen-bond donors (Lipinski definition) is 6. The number of aliphatic carboxylic acids is 1. The number of amides is 3. The molecule has 0 spiro atoms. The van der Waals surface area contributed by atoms with E-state index in [2.05, 4.69) is 16.0 Å². The number of β-amino-alcohol motifs (C(OH)–C–C–N with tert-alkyl or cyclic N) is 1.